The van der Waals surface area contributed by atoms with E-state index in [2.05, 4.69) is 4.98 Å². The molecule has 0 unspecified atom stereocenters. The van der Waals surface area contributed by atoms with Crippen LogP contribution in [0.15, 0.2) is 12.3 Å². The molecule has 4 N–H and O–H groups in total. The highest BCUT2D eigenvalue weighted by Crippen LogP contribution is 2.13. The standard InChI is InChI=1S/C8H11N3O/c1-5(9)6-2-7(4-12)8(10)11-3-6/h2-5H,9H2,1H3,(H2,10,11)/t5-/m0/s1. The Hall–Kier alpha value is -1.42. The maximum Gasteiger partial charge on any atom is 0.153 e. The molecule has 1 heterocycles. The first-order valence-corrected chi connectivity index (χ1v) is 3.61. The highest BCUT2D eigenvalue weighted by Gasteiger charge is 2.03. The molecule has 0 fully saturated rings. The van der Waals surface area contributed by atoms with E-state index in [-0.39, 0.29) is 11.9 Å². The smallest absolute Gasteiger partial charge is 0.153 e. The Morgan fingerprint density at radius 2 is 2.33 bits per heavy atom. The van der Waals surface area contributed by atoms with Crippen LogP contribution in [0.4, 0.5) is 5.82 Å². The summed E-state index contributed by atoms with van der Waals surface area (Å²) in [6.07, 6.45) is 2.25. The number of pyridine rings is 1. The van der Waals surface area contributed by atoms with Crippen LogP contribution >= 0.6 is 0 Å². The van der Waals surface area contributed by atoms with Gasteiger partial charge >= 0.3 is 0 Å². The van der Waals surface area contributed by atoms with Gasteiger partial charge in [0.25, 0.3) is 0 Å². The van der Waals surface area contributed by atoms with Crippen LogP contribution in [0.2, 0.25) is 0 Å². The van der Waals surface area contributed by atoms with Gasteiger partial charge in [0.05, 0.1) is 5.56 Å². The number of anilines is 1. The minimum Gasteiger partial charge on any atom is -0.383 e. The fraction of sp³-hybridized carbons (Fsp3) is 0.250. The van der Waals surface area contributed by atoms with E-state index in [9.17, 15) is 4.79 Å². The van der Waals surface area contributed by atoms with Gasteiger partial charge in [0.2, 0.25) is 0 Å². The SMILES string of the molecule is C[C@H](N)c1cnc(N)c(C=O)c1. The molecule has 0 aromatic carbocycles. The summed E-state index contributed by atoms with van der Waals surface area (Å²) in [6.45, 7) is 1.82. The van der Waals surface area contributed by atoms with E-state index < -0.39 is 0 Å². The van der Waals surface area contributed by atoms with Gasteiger partial charge in [-0.3, -0.25) is 4.79 Å². The van der Waals surface area contributed by atoms with Crippen LogP contribution in [0, 0.1) is 0 Å². The second kappa shape index (κ2) is 3.32. The molecule has 1 rings (SSSR count). The average molecular weight is 165 g/mol. The lowest BCUT2D eigenvalue weighted by atomic mass is 10.1. The van der Waals surface area contributed by atoms with Crippen molar-refractivity contribution >= 4 is 12.1 Å². The van der Waals surface area contributed by atoms with Gasteiger partial charge in [-0.05, 0) is 18.6 Å². The molecule has 4 heteroatoms. The van der Waals surface area contributed by atoms with Crippen molar-refractivity contribution in [2.24, 2.45) is 5.73 Å². The molecule has 0 spiro atoms. The maximum atomic E-state index is 10.4. The first-order chi connectivity index (χ1) is 5.65. The number of aromatic nitrogens is 1. The second-order valence-electron chi connectivity index (χ2n) is 2.65. The number of hydrogen-bond donors (Lipinski definition) is 2. The van der Waals surface area contributed by atoms with Gasteiger partial charge in [-0.15, -0.1) is 0 Å². The van der Waals surface area contributed by atoms with Crippen molar-refractivity contribution < 1.29 is 4.79 Å². The Labute approximate surface area is 70.6 Å². The summed E-state index contributed by atoms with van der Waals surface area (Å²) < 4.78 is 0. The predicted molar refractivity (Wildman–Crippen MR) is 46.6 cm³/mol. The average Bonchev–Trinajstić information content (AvgIpc) is 2.05. The molecular formula is C8H11N3O. The van der Waals surface area contributed by atoms with Crippen LogP contribution < -0.4 is 11.5 Å². The van der Waals surface area contributed by atoms with Crippen LogP contribution in [0.3, 0.4) is 0 Å². The van der Waals surface area contributed by atoms with E-state index in [0.717, 1.165) is 5.56 Å². The third-order valence-electron chi connectivity index (χ3n) is 1.62. The molecule has 1 atom stereocenters. The normalized spacial score (nSPS) is 12.5. The molecule has 0 bridgehead atoms. The minimum absolute atomic E-state index is 0.128. The molecule has 12 heavy (non-hydrogen) atoms. The van der Waals surface area contributed by atoms with E-state index in [1.165, 1.54) is 0 Å². The van der Waals surface area contributed by atoms with E-state index in [1.54, 1.807) is 12.3 Å². The topological polar surface area (TPSA) is 82.0 Å². The summed E-state index contributed by atoms with van der Waals surface area (Å²) in [5.41, 5.74) is 12.2. The van der Waals surface area contributed by atoms with Gasteiger partial charge in [-0.1, -0.05) is 0 Å². The van der Waals surface area contributed by atoms with Gasteiger partial charge in [-0.25, -0.2) is 4.98 Å². The molecule has 0 aliphatic rings. The van der Waals surface area contributed by atoms with Crippen LogP contribution in [-0.2, 0) is 0 Å². The molecular weight excluding hydrogens is 154 g/mol. The summed E-state index contributed by atoms with van der Waals surface area (Å²) in [5, 5.41) is 0. The molecule has 0 aliphatic heterocycles. The fourth-order valence-corrected chi connectivity index (χ4v) is 0.853. The predicted octanol–water partition coefficient (Wildman–Crippen LogP) is 0.496. The van der Waals surface area contributed by atoms with Gasteiger partial charge < -0.3 is 11.5 Å². The summed E-state index contributed by atoms with van der Waals surface area (Å²) in [5.74, 6) is 0.245. The zero-order valence-electron chi connectivity index (χ0n) is 6.82. The molecule has 0 amide bonds. The van der Waals surface area contributed by atoms with E-state index in [0.29, 0.717) is 11.8 Å². The number of nitrogens with two attached hydrogens (primary N) is 2. The zero-order valence-corrected chi connectivity index (χ0v) is 6.82. The second-order valence-corrected chi connectivity index (χ2v) is 2.65. The summed E-state index contributed by atoms with van der Waals surface area (Å²) in [4.78, 5) is 14.3. The summed E-state index contributed by atoms with van der Waals surface area (Å²) in [6, 6.07) is 1.52. The van der Waals surface area contributed by atoms with Gasteiger partial charge in [-0.2, -0.15) is 0 Å². The maximum absolute atomic E-state index is 10.4. The first-order valence-electron chi connectivity index (χ1n) is 3.61. The van der Waals surface area contributed by atoms with Crippen LogP contribution in [0.25, 0.3) is 0 Å². The number of aldehydes is 1. The molecule has 64 valence electrons. The molecule has 0 saturated carbocycles. The Balaban J connectivity index is 3.13. The molecule has 0 aliphatic carbocycles. The number of nitrogen functional groups attached to an aromatic ring is 1. The Morgan fingerprint density at radius 1 is 1.67 bits per heavy atom. The van der Waals surface area contributed by atoms with Crippen LogP contribution in [0.1, 0.15) is 28.9 Å². The largest absolute Gasteiger partial charge is 0.383 e. The lowest BCUT2D eigenvalue weighted by molar-refractivity contribution is 0.112. The van der Waals surface area contributed by atoms with E-state index in [4.69, 9.17) is 11.5 Å². The molecule has 4 nitrogen and oxygen atoms in total. The van der Waals surface area contributed by atoms with Gasteiger partial charge in [0, 0.05) is 12.2 Å². The van der Waals surface area contributed by atoms with Crippen molar-refractivity contribution in [2.45, 2.75) is 13.0 Å². The molecule has 0 saturated heterocycles. The van der Waals surface area contributed by atoms with Crippen molar-refractivity contribution in [3.63, 3.8) is 0 Å². The lowest BCUT2D eigenvalue weighted by Crippen LogP contribution is -2.07. The summed E-state index contributed by atoms with van der Waals surface area (Å²) >= 11 is 0. The van der Waals surface area contributed by atoms with Gasteiger partial charge in [0.1, 0.15) is 5.82 Å². The zero-order chi connectivity index (χ0) is 9.14. The number of carbonyl (C=O) groups is 1. The monoisotopic (exact) mass is 165 g/mol. The number of rotatable bonds is 2. The highest BCUT2D eigenvalue weighted by atomic mass is 16.1. The van der Waals surface area contributed by atoms with Gasteiger partial charge in [0.15, 0.2) is 6.29 Å². The molecule has 1 aromatic rings. The lowest BCUT2D eigenvalue weighted by Gasteiger charge is -2.05. The summed E-state index contributed by atoms with van der Waals surface area (Å²) in [7, 11) is 0. The molecule has 0 radical (unpaired) electrons. The Morgan fingerprint density at radius 3 is 2.83 bits per heavy atom. The first kappa shape index (κ1) is 8.67. The van der Waals surface area contributed by atoms with Crippen molar-refractivity contribution in [1.29, 1.82) is 0 Å². The third-order valence-corrected chi connectivity index (χ3v) is 1.62. The third kappa shape index (κ3) is 1.60. The quantitative estimate of drug-likeness (QED) is 0.625. The minimum atomic E-state index is -0.128. The van der Waals surface area contributed by atoms with Crippen molar-refractivity contribution in [1.82, 2.24) is 4.98 Å². The van der Waals surface area contributed by atoms with Crippen molar-refractivity contribution in [3.8, 4) is 0 Å². The Bertz CT molecular complexity index is 296. The van der Waals surface area contributed by atoms with Crippen molar-refractivity contribution in [3.05, 3.63) is 23.4 Å². The van der Waals surface area contributed by atoms with Crippen LogP contribution in [-0.4, -0.2) is 11.3 Å². The van der Waals surface area contributed by atoms with Crippen molar-refractivity contribution in [2.75, 3.05) is 5.73 Å². The van der Waals surface area contributed by atoms with Crippen LogP contribution in [0.5, 0.6) is 0 Å². The Kier molecular flexibility index (Phi) is 2.40. The molecule has 1 aromatic heterocycles. The fourth-order valence-electron chi connectivity index (χ4n) is 0.853. The number of carbonyl (C=O) groups excluding carboxylic acids is 1. The number of nitrogens with zero attached hydrogens (tertiary/aromatic N) is 1. The highest BCUT2D eigenvalue weighted by molar-refractivity contribution is 5.81. The van der Waals surface area contributed by atoms with E-state index >= 15 is 0 Å². The number of hydrogen-bond acceptors (Lipinski definition) is 4. The van der Waals surface area contributed by atoms with E-state index in [1.807, 2.05) is 6.92 Å².